The molecule has 0 radical (unpaired) electrons. The number of nitrogens with one attached hydrogen (secondary N) is 2. The maximum Gasteiger partial charge on any atom is 0.234 e. The Balaban J connectivity index is 2.72. The number of imidazole rings is 1. The lowest BCUT2D eigenvalue weighted by Crippen LogP contribution is -2.15. The number of anilines is 1. The van der Waals surface area contributed by atoms with Crippen molar-refractivity contribution in [1.82, 2.24) is 9.97 Å². The average Bonchev–Trinajstić information content (AvgIpc) is 2.39. The van der Waals surface area contributed by atoms with Crippen LogP contribution in [0.15, 0.2) is 12.4 Å². The molecule has 1 aromatic rings. The van der Waals surface area contributed by atoms with Gasteiger partial charge in [-0.3, -0.25) is 4.72 Å². The van der Waals surface area contributed by atoms with Crippen molar-refractivity contribution in [3.05, 3.63) is 12.4 Å². The summed E-state index contributed by atoms with van der Waals surface area (Å²) in [6, 6.07) is 0. The van der Waals surface area contributed by atoms with Crippen molar-refractivity contribution in [2.45, 2.75) is 6.92 Å². The highest BCUT2D eigenvalue weighted by molar-refractivity contribution is 7.92. The summed E-state index contributed by atoms with van der Waals surface area (Å²) in [5.41, 5.74) is 0. The fraction of sp³-hybridized carbons (Fsp3) is 0.400. The Kier molecular flexibility index (Phi) is 2.13. The van der Waals surface area contributed by atoms with Crippen LogP contribution in [0.3, 0.4) is 0 Å². The largest absolute Gasteiger partial charge is 0.330 e. The molecule has 0 aromatic carbocycles. The van der Waals surface area contributed by atoms with Crippen LogP contribution in [-0.2, 0) is 10.0 Å². The smallest absolute Gasteiger partial charge is 0.234 e. The molecule has 0 saturated carbocycles. The molecule has 0 aliphatic heterocycles. The summed E-state index contributed by atoms with van der Waals surface area (Å²) in [7, 11) is -3.19. The number of aromatic nitrogens is 2. The predicted molar refractivity (Wildman–Crippen MR) is 41.7 cm³/mol. The van der Waals surface area contributed by atoms with Crippen LogP contribution in [0.5, 0.6) is 0 Å². The van der Waals surface area contributed by atoms with Gasteiger partial charge in [0.15, 0.2) is 0 Å². The molecular weight excluding hydrogens is 166 g/mol. The molecular formula is C5H9N3O2S. The number of rotatable bonds is 3. The maximum atomic E-state index is 10.9. The van der Waals surface area contributed by atoms with Gasteiger partial charge in [-0.05, 0) is 6.92 Å². The van der Waals surface area contributed by atoms with Crippen LogP contribution in [0.2, 0.25) is 0 Å². The van der Waals surface area contributed by atoms with Crippen LogP contribution in [0.4, 0.5) is 5.95 Å². The van der Waals surface area contributed by atoms with E-state index in [9.17, 15) is 8.42 Å². The zero-order chi connectivity index (χ0) is 8.32. The van der Waals surface area contributed by atoms with Crippen LogP contribution in [-0.4, -0.2) is 24.1 Å². The summed E-state index contributed by atoms with van der Waals surface area (Å²) in [4.78, 5) is 6.33. The molecule has 1 rings (SSSR count). The molecule has 6 heteroatoms. The van der Waals surface area contributed by atoms with Crippen molar-refractivity contribution in [2.75, 3.05) is 10.5 Å². The molecule has 11 heavy (non-hydrogen) atoms. The maximum absolute atomic E-state index is 10.9. The molecule has 0 bridgehead atoms. The van der Waals surface area contributed by atoms with E-state index in [1.807, 2.05) is 0 Å². The predicted octanol–water partition coefficient (Wildman–Crippen LogP) is 0.171. The van der Waals surface area contributed by atoms with E-state index in [-0.39, 0.29) is 11.7 Å². The van der Waals surface area contributed by atoms with E-state index in [0.29, 0.717) is 0 Å². The van der Waals surface area contributed by atoms with Gasteiger partial charge >= 0.3 is 0 Å². The fourth-order valence-corrected chi connectivity index (χ4v) is 1.09. The molecule has 0 spiro atoms. The first-order chi connectivity index (χ1) is 5.14. The van der Waals surface area contributed by atoms with Crippen molar-refractivity contribution in [3.8, 4) is 0 Å². The standard InChI is InChI=1S/C5H9N3O2S/c1-2-11(9,10)8-5-6-3-4-7-5/h3-4H,2H2,1H3,(H2,6,7,8). The van der Waals surface area contributed by atoms with Gasteiger partial charge in [-0.15, -0.1) is 0 Å². The Hall–Kier alpha value is -1.04. The summed E-state index contributed by atoms with van der Waals surface area (Å²) in [5, 5.41) is 0. The minimum atomic E-state index is -3.19. The average molecular weight is 175 g/mol. The normalized spacial score (nSPS) is 11.4. The molecule has 0 atom stereocenters. The molecule has 0 fully saturated rings. The van der Waals surface area contributed by atoms with Crippen molar-refractivity contribution >= 4 is 16.0 Å². The van der Waals surface area contributed by atoms with E-state index >= 15 is 0 Å². The third-order valence-corrected chi connectivity index (χ3v) is 2.39. The quantitative estimate of drug-likeness (QED) is 0.687. The van der Waals surface area contributed by atoms with Crippen molar-refractivity contribution in [3.63, 3.8) is 0 Å². The van der Waals surface area contributed by atoms with Gasteiger partial charge in [0.25, 0.3) is 0 Å². The van der Waals surface area contributed by atoms with Gasteiger partial charge in [-0.25, -0.2) is 13.4 Å². The Morgan fingerprint density at radius 2 is 2.45 bits per heavy atom. The van der Waals surface area contributed by atoms with Gasteiger partial charge < -0.3 is 4.98 Å². The van der Waals surface area contributed by atoms with Crippen LogP contribution in [0, 0.1) is 0 Å². The zero-order valence-corrected chi connectivity index (χ0v) is 6.85. The van der Waals surface area contributed by atoms with E-state index in [1.54, 1.807) is 13.1 Å². The second-order valence-electron chi connectivity index (χ2n) is 1.94. The summed E-state index contributed by atoms with van der Waals surface area (Å²) >= 11 is 0. The highest BCUT2D eigenvalue weighted by Crippen LogP contribution is 1.98. The molecule has 2 N–H and O–H groups in total. The van der Waals surface area contributed by atoms with Crippen LogP contribution >= 0.6 is 0 Å². The minimum Gasteiger partial charge on any atom is -0.330 e. The molecule has 0 aliphatic rings. The Bertz CT molecular complexity index is 302. The first-order valence-electron chi connectivity index (χ1n) is 3.14. The Morgan fingerprint density at radius 1 is 1.73 bits per heavy atom. The number of nitrogens with zero attached hydrogens (tertiary/aromatic N) is 1. The van der Waals surface area contributed by atoms with Gasteiger partial charge in [0.2, 0.25) is 16.0 Å². The summed E-state index contributed by atoms with van der Waals surface area (Å²) in [5.74, 6) is 0.306. The van der Waals surface area contributed by atoms with E-state index in [1.165, 1.54) is 6.20 Å². The first-order valence-corrected chi connectivity index (χ1v) is 4.79. The van der Waals surface area contributed by atoms with E-state index in [4.69, 9.17) is 0 Å². The lowest BCUT2D eigenvalue weighted by atomic mass is 11.0. The second kappa shape index (κ2) is 2.91. The Labute approximate surface area is 64.9 Å². The van der Waals surface area contributed by atoms with Crippen molar-refractivity contribution in [2.24, 2.45) is 0 Å². The van der Waals surface area contributed by atoms with Crippen molar-refractivity contribution in [1.29, 1.82) is 0 Å². The third kappa shape index (κ3) is 2.23. The lowest BCUT2D eigenvalue weighted by molar-refractivity contribution is 0.602. The van der Waals surface area contributed by atoms with Crippen LogP contribution in [0.25, 0.3) is 0 Å². The molecule has 62 valence electrons. The zero-order valence-electron chi connectivity index (χ0n) is 6.03. The molecule has 0 unspecified atom stereocenters. The molecule has 1 heterocycles. The lowest BCUT2D eigenvalue weighted by Gasteiger charge is -1.99. The fourth-order valence-electron chi connectivity index (χ4n) is 0.541. The van der Waals surface area contributed by atoms with Gasteiger partial charge in [-0.1, -0.05) is 0 Å². The summed E-state index contributed by atoms with van der Waals surface area (Å²) in [6.45, 7) is 1.56. The number of aromatic amines is 1. The first kappa shape index (κ1) is 8.06. The number of hydrogen-bond acceptors (Lipinski definition) is 3. The van der Waals surface area contributed by atoms with E-state index < -0.39 is 10.0 Å². The third-order valence-electron chi connectivity index (χ3n) is 1.13. The number of sulfonamides is 1. The van der Waals surface area contributed by atoms with Gasteiger partial charge in [0.05, 0.1) is 5.75 Å². The highest BCUT2D eigenvalue weighted by atomic mass is 32.2. The molecule has 0 amide bonds. The molecule has 1 aromatic heterocycles. The van der Waals surface area contributed by atoms with Crippen molar-refractivity contribution < 1.29 is 8.42 Å². The minimum absolute atomic E-state index is 0.0493. The monoisotopic (exact) mass is 175 g/mol. The molecule has 5 nitrogen and oxygen atoms in total. The highest BCUT2D eigenvalue weighted by Gasteiger charge is 2.06. The van der Waals surface area contributed by atoms with Crippen LogP contribution in [0.1, 0.15) is 6.92 Å². The van der Waals surface area contributed by atoms with Gasteiger partial charge in [0, 0.05) is 12.4 Å². The Morgan fingerprint density at radius 3 is 2.91 bits per heavy atom. The summed E-state index contributed by atoms with van der Waals surface area (Å²) < 4.78 is 24.0. The summed E-state index contributed by atoms with van der Waals surface area (Å²) in [6.07, 6.45) is 3.03. The van der Waals surface area contributed by atoms with E-state index in [2.05, 4.69) is 14.7 Å². The number of H-pyrrole nitrogens is 1. The number of hydrogen-bond donors (Lipinski definition) is 2. The topological polar surface area (TPSA) is 74.8 Å². The SMILES string of the molecule is CCS(=O)(=O)Nc1ncc[nH]1. The van der Waals surface area contributed by atoms with Gasteiger partial charge in [-0.2, -0.15) is 0 Å². The molecule has 0 saturated heterocycles. The van der Waals surface area contributed by atoms with Gasteiger partial charge in [0.1, 0.15) is 0 Å². The van der Waals surface area contributed by atoms with E-state index in [0.717, 1.165) is 0 Å². The molecule has 0 aliphatic carbocycles. The van der Waals surface area contributed by atoms with Crippen LogP contribution < -0.4 is 4.72 Å². The second-order valence-corrected chi connectivity index (χ2v) is 3.95.